The second-order valence-electron chi connectivity index (χ2n) is 6.20. The lowest BCUT2D eigenvalue weighted by Crippen LogP contribution is -2.19. The van der Waals surface area contributed by atoms with Gasteiger partial charge in [-0.25, -0.2) is 4.79 Å². The van der Waals surface area contributed by atoms with E-state index in [-0.39, 0.29) is 11.9 Å². The predicted molar refractivity (Wildman–Crippen MR) is 114 cm³/mol. The minimum absolute atomic E-state index is 0.0772. The molecule has 0 spiro atoms. The van der Waals surface area contributed by atoms with Crippen molar-refractivity contribution in [2.45, 2.75) is 12.8 Å². The van der Waals surface area contributed by atoms with Gasteiger partial charge < -0.3 is 16.0 Å². The lowest BCUT2D eigenvalue weighted by atomic mass is 10.1. The molecule has 0 aromatic heterocycles. The van der Waals surface area contributed by atoms with Crippen LogP contribution in [0.5, 0.6) is 0 Å². The molecule has 0 atom stereocenters. The number of benzene rings is 3. The molecule has 6 heteroatoms. The number of hydrogen-bond donors (Lipinski definition) is 3. The van der Waals surface area contributed by atoms with Crippen molar-refractivity contribution in [3.05, 3.63) is 89.4 Å². The number of anilines is 3. The average Bonchev–Trinajstić information content (AvgIpc) is 2.69. The van der Waals surface area contributed by atoms with Gasteiger partial charge in [0.1, 0.15) is 0 Å². The lowest BCUT2D eigenvalue weighted by Gasteiger charge is -2.10. The Morgan fingerprint density at radius 3 is 2.07 bits per heavy atom. The van der Waals surface area contributed by atoms with Crippen LogP contribution in [0.15, 0.2) is 78.9 Å². The standard InChI is InChI=1S/C22H20ClN3O2/c23-17-10-12-18(13-11-17)25-22(28)26-20-8-4-7-19(15-20)24-21(27)14-9-16-5-2-1-3-6-16/h1-8,10-13,15H,9,14H2,(H,24,27)(H2,25,26,28). The highest BCUT2D eigenvalue weighted by Crippen LogP contribution is 2.17. The normalized spacial score (nSPS) is 10.2. The molecule has 5 nitrogen and oxygen atoms in total. The number of hydrogen-bond acceptors (Lipinski definition) is 2. The largest absolute Gasteiger partial charge is 0.326 e. The number of rotatable bonds is 6. The van der Waals surface area contributed by atoms with Crippen LogP contribution in [0.1, 0.15) is 12.0 Å². The van der Waals surface area contributed by atoms with Gasteiger partial charge in [-0.1, -0.05) is 48.0 Å². The Kier molecular flexibility index (Phi) is 6.65. The molecule has 3 amide bonds. The highest BCUT2D eigenvalue weighted by Gasteiger charge is 2.06. The number of nitrogens with one attached hydrogen (secondary N) is 3. The SMILES string of the molecule is O=C(CCc1ccccc1)Nc1cccc(NC(=O)Nc2ccc(Cl)cc2)c1. The smallest absolute Gasteiger partial charge is 0.323 e. The molecular formula is C22H20ClN3O2. The monoisotopic (exact) mass is 393 g/mol. The van der Waals surface area contributed by atoms with Gasteiger partial charge in [0, 0.05) is 28.5 Å². The number of carbonyl (C=O) groups is 2. The molecule has 28 heavy (non-hydrogen) atoms. The molecule has 0 radical (unpaired) electrons. The first-order valence-corrected chi connectivity index (χ1v) is 9.24. The number of amides is 3. The summed E-state index contributed by atoms with van der Waals surface area (Å²) in [6.45, 7) is 0. The zero-order chi connectivity index (χ0) is 19.8. The first kappa shape index (κ1) is 19.5. The third-order valence-corrected chi connectivity index (χ3v) is 4.24. The molecule has 142 valence electrons. The van der Waals surface area contributed by atoms with Crippen molar-refractivity contribution in [3.63, 3.8) is 0 Å². The van der Waals surface area contributed by atoms with Crippen LogP contribution in [-0.4, -0.2) is 11.9 Å². The maximum Gasteiger partial charge on any atom is 0.323 e. The first-order valence-electron chi connectivity index (χ1n) is 8.86. The van der Waals surface area contributed by atoms with E-state index in [0.717, 1.165) is 5.56 Å². The number of aryl methyl sites for hydroxylation is 1. The summed E-state index contributed by atoms with van der Waals surface area (Å²) in [5.74, 6) is -0.0772. The fourth-order valence-electron chi connectivity index (χ4n) is 2.63. The van der Waals surface area contributed by atoms with Crippen LogP contribution < -0.4 is 16.0 Å². The zero-order valence-corrected chi connectivity index (χ0v) is 15.9. The lowest BCUT2D eigenvalue weighted by molar-refractivity contribution is -0.116. The Morgan fingerprint density at radius 2 is 1.36 bits per heavy atom. The minimum atomic E-state index is -0.380. The Bertz CT molecular complexity index is 944. The van der Waals surface area contributed by atoms with Crippen LogP contribution in [0.25, 0.3) is 0 Å². The predicted octanol–water partition coefficient (Wildman–Crippen LogP) is 5.56. The summed E-state index contributed by atoms with van der Waals surface area (Å²) >= 11 is 5.83. The summed E-state index contributed by atoms with van der Waals surface area (Å²) in [5, 5.41) is 8.92. The summed E-state index contributed by atoms with van der Waals surface area (Å²) in [7, 11) is 0. The molecule has 3 N–H and O–H groups in total. The minimum Gasteiger partial charge on any atom is -0.326 e. The van der Waals surface area contributed by atoms with Crippen molar-refractivity contribution < 1.29 is 9.59 Å². The molecular weight excluding hydrogens is 374 g/mol. The molecule has 0 fully saturated rings. The summed E-state index contributed by atoms with van der Waals surface area (Å²) in [4.78, 5) is 24.3. The van der Waals surface area contributed by atoms with Gasteiger partial charge >= 0.3 is 6.03 Å². The zero-order valence-electron chi connectivity index (χ0n) is 15.1. The number of halogens is 1. The molecule has 0 saturated heterocycles. The van der Waals surface area contributed by atoms with Gasteiger partial charge in [0.25, 0.3) is 0 Å². The van der Waals surface area contributed by atoms with Crippen LogP contribution in [0.2, 0.25) is 5.02 Å². The van der Waals surface area contributed by atoms with E-state index < -0.39 is 0 Å². The highest BCUT2D eigenvalue weighted by molar-refractivity contribution is 6.30. The molecule has 0 bridgehead atoms. The Balaban J connectivity index is 1.52. The second kappa shape index (κ2) is 9.58. The molecule has 0 heterocycles. The van der Waals surface area contributed by atoms with Crippen LogP contribution >= 0.6 is 11.6 Å². The van der Waals surface area contributed by atoms with Gasteiger partial charge in [-0.05, 0) is 54.4 Å². The summed E-state index contributed by atoms with van der Waals surface area (Å²) in [6, 6.07) is 23.3. The van der Waals surface area contributed by atoms with E-state index in [1.165, 1.54) is 0 Å². The van der Waals surface area contributed by atoms with Crippen LogP contribution in [0.4, 0.5) is 21.9 Å². The molecule has 3 aromatic rings. The number of urea groups is 1. The van der Waals surface area contributed by atoms with E-state index in [1.807, 2.05) is 30.3 Å². The number of carbonyl (C=O) groups excluding carboxylic acids is 2. The van der Waals surface area contributed by atoms with Crippen molar-refractivity contribution in [1.82, 2.24) is 0 Å². The van der Waals surface area contributed by atoms with Crippen molar-refractivity contribution in [1.29, 1.82) is 0 Å². The molecule has 0 aliphatic heterocycles. The fraction of sp³-hybridized carbons (Fsp3) is 0.0909. The molecule has 3 aromatic carbocycles. The molecule has 0 saturated carbocycles. The van der Waals surface area contributed by atoms with E-state index in [0.29, 0.717) is 34.9 Å². The van der Waals surface area contributed by atoms with Gasteiger partial charge in [0.05, 0.1) is 0 Å². The Morgan fingerprint density at radius 1 is 0.714 bits per heavy atom. The van der Waals surface area contributed by atoms with Crippen molar-refractivity contribution in [2.75, 3.05) is 16.0 Å². The fourth-order valence-corrected chi connectivity index (χ4v) is 2.75. The summed E-state index contributed by atoms with van der Waals surface area (Å²) in [6.07, 6.45) is 1.06. The molecule has 3 rings (SSSR count). The van der Waals surface area contributed by atoms with Gasteiger partial charge in [0.2, 0.25) is 5.91 Å². The van der Waals surface area contributed by atoms with E-state index in [1.54, 1.807) is 48.5 Å². The van der Waals surface area contributed by atoms with Crippen LogP contribution in [-0.2, 0) is 11.2 Å². The van der Waals surface area contributed by atoms with E-state index in [9.17, 15) is 9.59 Å². The third-order valence-electron chi connectivity index (χ3n) is 3.99. The van der Waals surface area contributed by atoms with Crippen LogP contribution in [0, 0.1) is 0 Å². The highest BCUT2D eigenvalue weighted by atomic mass is 35.5. The maximum atomic E-state index is 12.2. The molecule has 0 aliphatic carbocycles. The van der Waals surface area contributed by atoms with E-state index in [4.69, 9.17) is 11.6 Å². The third kappa shape index (κ3) is 6.14. The topological polar surface area (TPSA) is 70.2 Å². The maximum absolute atomic E-state index is 12.2. The van der Waals surface area contributed by atoms with E-state index in [2.05, 4.69) is 16.0 Å². The summed E-state index contributed by atoms with van der Waals surface area (Å²) < 4.78 is 0. The van der Waals surface area contributed by atoms with Gasteiger partial charge in [0.15, 0.2) is 0 Å². The van der Waals surface area contributed by atoms with Crippen molar-refractivity contribution in [2.24, 2.45) is 0 Å². The van der Waals surface area contributed by atoms with Gasteiger partial charge in [-0.15, -0.1) is 0 Å². The molecule has 0 unspecified atom stereocenters. The first-order chi connectivity index (χ1) is 13.6. The van der Waals surface area contributed by atoms with Crippen molar-refractivity contribution in [3.8, 4) is 0 Å². The second-order valence-corrected chi connectivity index (χ2v) is 6.64. The Hall–Kier alpha value is -3.31. The average molecular weight is 394 g/mol. The van der Waals surface area contributed by atoms with Crippen molar-refractivity contribution >= 4 is 40.6 Å². The Labute approximate surface area is 168 Å². The summed E-state index contributed by atoms with van der Waals surface area (Å²) in [5.41, 5.74) is 2.95. The van der Waals surface area contributed by atoms with Gasteiger partial charge in [-0.3, -0.25) is 4.79 Å². The van der Waals surface area contributed by atoms with E-state index >= 15 is 0 Å². The van der Waals surface area contributed by atoms with Gasteiger partial charge in [-0.2, -0.15) is 0 Å². The van der Waals surface area contributed by atoms with Crippen LogP contribution in [0.3, 0.4) is 0 Å². The molecule has 0 aliphatic rings. The quantitative estimate of drug-likeness (QED) is 0.513.